The molecule has 20 heavy (non-hydrogen) atoms. The summed E-state index contributed by atoms with van der Waals surface area (Å²) < 4.78 is 0. The molecule has 2 heteroatoms. The third kappa shape index (κ3) is 4.00. The molecule has 0 amide bonds. The maximum atomic E-state index is 2.39. The van der Waals surface area contributed by atoms with E-state index in [1.165, 1.54) is 26.8 Å². The summed E-state index contributed by atoms with van der Waals surface area (Å²) >= 11 is 1.92. The number of benzene rings is 2. The molecule has 0 radical (unpaired) electrons. The van der Waals surface area contributed by atoms with E-state index < -0.39 is 8.07 Å². The van der Waals surface area contributed by atoms with Crippen LogP contribution in [0.5, 0.6) is 0 Å². The SMILES string of the molecule is Cc1ccc(SCc2ccc([Si](C)(C)C)cc2)cc1C. The van der Waals surface area contributed by atoms with Crippen molar-refractivity contribution in [3.63, 3.8) is 0 Å². The quantitative estimate of drug-likeness (QED) is 0.556. The molecular weight excluding hydrogens is 276 g/mol. The summed E-state index contributed by atoms with van der Waals surface area (Å²) in [6.07, 6.45) is 0. The molecule has 0 aliphatic rings. The van der Waals surface area contributed by atoms with Gasteiger partial charge in [0.05, 0.1) is 8.07 Å². The summed E-state index contributed by atoms with van der Waals surface area (Å²) in [4.78, 5) is 1.36. The normalized spacial score (nSPS) is 11.7. The maximum Gasteiger partial charge on any atom is 0.0775 e. The number of hydrogen-bond acceptors (Lipinski definition) is 1. The highest BCUT2D eigenvalue weighted by Gasteiger charge is 2.15. The largest absolute Gasteiger partial charge is 0.121 e. The summed E-state index contributed by atoms with van der Waals surface area (Å²) in [6.45, 7) is 11.5. The lowest BCUT2D eigenvalue weighted by molar-refractivity contribution is 1.27. The Morgan fingerprint density at radius 2 is 1.50 bits per heavy atom. The van der Waals surface area contributed by atoms with Gasteiger partial charge in [-0.3, -0.25) is 0 Å². The molecule has 0 saturated carbocycles. The van der Waals surface area contributed by atoms with Crippen molar-refractivity contribution in [3.8, 4) is 0 Å². The van der Waals surface area contributed by atoms with Crippen LogP contribution in [0.4, 0.5) is 0 Å². The molecule has 2 aromatic rings. The van der Waals surface area contributed by atoms with Crippen molar-refractivity contribution in [1.82, 2.24) is 0 Å². The van der Waals surface area contributed by atoms with Crippen molar-refractivity contribution in [2.45, 2.75) is 44.1 Å². The van der Waals surface area contributed by atoms with Gasteiger partial charge in [-0.2, -0.15) is 0 Å². The summed E-state index contributed by atoms with van der Waals surface area (Å²) in [7, 11) is -1.16. The molecule has 0 unspecified atom stereocenters. The molecular formula is C18H24SSi. The third-order valence-corrected chi connectivity index (χ3v) is 6.83. The van der Waals surface area contributed by atoms with Crippen molar-refractivity contribution in [2.24, 2.45) is 0 Å². The summed E-state index contributed by atoms with van der Waals surface area (Å²) in [5.74, 6) is 1.05. The van der Waals surface area contributed by atoms with Crippen LogP contribution < -0.4 is 5.19 Å². The lowest BCUT2D eigenvalue weighted by Crippen LogP contribution is -2.37. The zero-order chi connectivity index (χ0) is 14.8. The lowest BCUT2D eigenvalue weighted by atomic mass is 10.1. The fourth-order valence-corrected chi connectivity index (χ4v) is 4.19. The minimum atomic E-state index is -1.16. The van der Waals surface area contributed by atoms with Crippen molar-refractivity contribution in [1.29, 1.82) is 0 Å². The van der Waals surface area contributed by atoms with Crippen LogP contribution in [0, 0.1) is 13.8 Å². The fraction of sp³-hybridized carbons (Fsp3) is 0.333. The molecule has 0 aliphatic heterocycles. The Balaban J connectivity index is 2.02. The molecule has 0 heterocycles. The average molecular weight is 301 g/mol. The summed E-state index contributed by atoms with van der Waals surface area (Å²) in [6, 6.07) is 16.0. The summed E-state index contributed by atoms with van der Waals surface area (Å²) in [5, 5.41) is 1.54. The highest BCUT2D eigenvalue weighted by Crippen LogP contribution is 2.24. The van der Waals surface area contributed by atoms with E-state index >= 15 is 0 Å². The number of aryl methyl sites for hydroxylation is 2. The Morgan fingerprint density at radius 1 is 0.850 bits per heavy atom. The molecule has 2 aromatic carbocycles. The van der Waals surface area contributed by atoms with Crippen LogP contribution in [0.3, 0.4) is 0 Å². The van der Waals surface area contributed by atoms with Gasteiger partial charge in [0.1, 0.15) is 0 Å². The van der Waals surface area contributed by atoms with Gasteiger partial charge < -0.3 is 0 Å². The monoisotopic (exact) mass is 300 g/mol. The minimum Gasteiger partial charge on any atom is -0.121 e. The van der Waals surface area contributed by atoms with Crippen molar-refractivity contribution in [2.75, 3.05) is 0 Å². The van der Waals surface area contributed by atoms with Crippen LogP contribution in [0.25, 0.3) is 0 Å². The smallest absolute Gasteiger partial charge is 0.0775 e. The molecule has 0 saturated heterocycles. The number of thioether (sulfide) groups is 1. The van der Waals surface area contributed by atoms with E-state index in [0.29, 0.717) is 0 Å². The van der Waals surface area contributed by atoms with Gasteiger partial charge in [-0.15, -0.1) is 11.8 Å². The Kier molecular flexibility index (Phi) is 4.77. The molecule has 0 spiro atoms. The Bertz CT molecular complexity index is 579. The molecule has 0 nitrogen and oxygen atoms in total. The van der Waals surface area contributed by atoms with E-state index in [1.54, 1.807) is 0 Å². The highest BCUT2D eigenvalue weighted by molar-refractivity contribution is 7.98. The standard InChI is InChI=1S/C18H24SSi/c1-14-6-9-17(12-15(14)2)19-13-16-7-10-18(11-8-16)20(3,4)5/h6-12H,13H2,1-5H3. The van der Waals surface area contributed by atoms with Gasteiger partial charge in [-0.25, -0.2) is 0 Å². The number of hydrogen-bond donors (Lipinski definition) is 0. The second-order valence-corrected chi connectivity index (χ2v) is 12.6. The Hall–Kier alpha value is -0.993. The van der Waals surface area contributed by atoms with Crippen LogP contribution in [0.15, 0.2) is 47.4 Å². The molecule has 106 valence electrons. The van der Waals surface area contributed by atoms with E-state index in [9.17, 15) is 0 Å². The zero-order valence-electron chi connectivity index (χ0n) is 13.2. The van der Waals surface area contributed by atoms with Crippen molar-refractivity contribution < 1.29 is 0 Å². The van der Waals surface area contributed by atoms with Crippen LogP contribution in [-0.4, -0.2) is 8.07 Å². The van der Waals surface area contributed by atoms with Gasteiger partial charge in [0, 0.05) is 10.6 Å². The maximum absolute atomic E-state index is 2.39. The lowest BCUT2D eigenvalue weighted by Gasteiger charge is -2.16. The molecule has 0 atom stereocenters. The van der Waals surface area contributed by atoms with E-state index in [1.807, 2.05) is 11.8 Å². The first-order valence-electron chi connectivity index (χ1n) is 7.16. The van der Waals surface area contributed by atoms with E-state index in [0.717, 1.165) is 5.75 Å². The second kappa shape index (κ2) is 6.19. The average Bonchev–Trinajstić information content (AvgIpc) is 2.40. The third-order valence-electron chi connectivity index (χ3n) is 3.70. The first kappa shape index (κ1) is 15.4. The van der Waals surface area contributed by atoms with E-state index in [4.69, 9.17) is 0 Å². The molecule has 0 bridgehead atoms. The van der Waals surface area contributed by atoms with Crippen LogP contribution >= 0.6 is 11.8 Å². The predicted molar refractivity (Wildman–Crippen MR) is 94.9 cm³/mol. The topological polar surface area (TPSA) is 0 Å². The first-order valence-corrected chi connectivity index (χ1v) is 11.6. The van der Waals surface area contributed by atoms with Gasteiger partial charge in [0.25, 0.3) is 0 Å². The van der Waals surface area contributed by atoms with Gasteiger partial charge in [0.15, 0.2) is 0 Å². The molecule has 0 N–H and O–H groups in total. The van der Waals surface area contributed by atoms with Crippen LogP contribution in [0.1, 0.15) is 16.7 Å². The molecule has 0 fully saturated rings. The van der Waals surface area contributed by atoms with Crippen molar-refractivity contribution >= 4 is 25.0 Å². The van der Waals surface area contributed by atoms with Crippen molar-refractivity contribution in [3.05, 3.63) is 59.2 Å². The van der Waals surface area contributed by atoms with Gasteiger partial charge in [-0.1, -0.05) is 55.2 Å². The summed E-state index contributed by atoms with van der Waals surface area (Å²) in [5.41, 5.74) is 4.16. The fourth-order valence-electron chi connectivity index (χ4n) is 2.07. The van der Waals surface area contributed by atoms with Gasteiger partial charge >= 0.3 is 0 Å². The van der Waals surface area contributed by atoms with Crippen LogP contribution in [0.2, 0.25) is 19.6 Å². The van der Waals surface area contributed by atoms with Gasteiger partial charge in [0.2, 0.25) is 0 Å². The molecule has 0 aliphatic carbocycles. The van der Waals surface area contributed by atoms with E-state index in [2.05, 4.69) is 76.0 Å². The molecule has 2 rings (SSSR count). The van der Waals surface area contributed by atoms with Crippen LogP contribution in [-0.2, 0) is 5.75 Å². The minimum absolute atomic E-state index is 1.05. The Morgan fingerprint density at radius 3 is 2.05 bits per heavy atom. The van der Waals surface area contributed by atoms with E-state index in [-0.39, 0.29) is 0 Å². The zero-order valence-corrected chi connectivity index (χ0v) is 15.0. The molecule has 0 aromatic heterocycles. The first-order chi connectivity index (χ1) is 9.36. The number of rotatable bonds is 4. The second-order valence-electron chi connectivity index (χ2n) is 6.48. The van der Waals surface area contributed by atoms with Gasteiger partial charge in [-0.05, 0) is 42.7 Å². The highest BCUT2D eigenvalue weighted by atomic mass is 32.2. The predicted octanol–water partition coefficient (Wildman–Crippen LogP) is 5.14. The Labute approximate surface area is 128 Å².